The molecule has 0 aromatic carbocycles. The van der Waals surface area contributed by atoms with E-state index in [2.05, 4.69) is 9.68 Å². The molecule has 0 unspecified atom stereocenters. The number of hydrogen-bond acceptors (Lipinski definition) is 6. The number of carbonyl (C=O) groups excluding carboxylic acids is 2. The number of aliphatic hydroxyl groups is 1. The standard InChI is InChI=1S/C16H21NO5/c1-5-9-12(6-2)10-11-15(19)21-17-22-16(20)13(7-3)14(18)8-4/h5-11,17-18H,1-4H3/b9-5-,11-10-,12-6+,13-7+,14-8+. The molecular weight excluding hydrogens is 286 g/mol. The lowest BCUT2D eigenvalue weighted by molar-refractivity contribution is -0.191. The first kappa shape index (κ1) is 19.4. The molecule has 6 nitrogen and oxygen atoms in total. The second-order valence-corrected chi connectivity index (χ2v) is 3.89. The first-order chi connectivity index (χ1) is 10.5. The molecule has 0 radical (unpaired) electrons. The van der Waals surface area contributed by atoms with Crippen molar-refractivity contribution >= 4 is 11.9 Å². The Labute approximate surface area is 130 Å². The molecule has 6 heteroatoms. The van der Waals surface area contributed by atoms with Crippen LogP contribution in [0, 0.1) is 0 Å². The average Bonchev–Trinajstić information content (AvgIpc) is 2.51. The summed E-state index contributed by atoms with van der Waals surface area (Å²) >= 11 is 0. The summed E-state index contributed by atoms with van der Waals surface area (Å²) in [5.74, 6) is -1.85. The number of rotatable bonds is 7. The van der Waals surface area contributed by atoms with E-state index >= 15 is 0 Å². The molecule has 0 saturated heterocycles. The smallest absolute Gasteiger partial charge is 0.363 e. The molecule has 22 heavy (non-hydrogen) atoms. The van der Waals surface area contributed by atoms with Crippen LogP contribution < -0.4 is 5.64 Å². The second kappa shape index (κ2) is 11.1. The van der Waals surface area contributed by atoms with Gasteiger partial charge in [-0.1, -0.05) is 24.3 Å². The van der Waals surface area contributed by atoms with Crippen LogP contribution in [0.1, 0.15) is 27.7 Å². The van der Waals surface area contributed by atoms with Gasteiger partial charge in [-0.2, -0.15) is 0 Å². The van der Waals surface area contributed by atoms with Gasteiger partial charge in [-0.15, -0.1) is 0 Å². The Kier molecular flexibility index (Phi) is 9.79. The van der Waals surface area contributed by atoms with Gasteiger partial charge in [-0.05, 0) is 45.4 Å². The third-order valence-electron chi connectivity index (χ3n) is 2.44. The maximum atomic E-state index is 11.6. The maximum absolute atomic E-state index is 11.6. The van der Waals surface area contributed by atoms with Crippen molar-refractivity contribution in [1.82, 2.24) is 5.64 Å². The lowest BCUT2D eigenvalue weighted by Crippen LogP contribution is -2.24. The molecule has 0 fully saturated rings. The molecule has 0 atom stereocenters. The number of nitrogens with one attached hydrogen (secondary N) is 1. The van der Waals surface area contributed by atoms with Crippen molar-refractivity contribution in [1.29, 1.82) is 0 Å². The van der Waals surface area contributed by atoms with Gasteiger partial charge in [-0.3, -0.25) is 0 Å². The molecule has 2 N–H and O–H groups in total. The fraction of sp³-hybridized carbons (Fsp3) is 0.250. The molecule has 0 saturated carbocycles. The van der Waals surface area contributed by atoms with Crippen LogP contribution in [0.3, 0.4) is 0 Å². The minimum atomic E-state index is -0.877. The minimum Gasteiger partial charge on any atom is -0.507 e. The maximum Gasteiger partial charge on any atom is 0.363 e. The molecule has 0 bridgehead atoms. The summed E-state index contributed by atoms with van der Waals surface area (Å²) < 4.78 is 0. The van der Waals surface area contributed by atoms with Crippen molar-refractivity contribution in [3.8, 4) is 0 Å². The fourth-order valence-corrected chi connectivity index (χ4v) is 1.32. The van der Waals surface area contributed by atoms with Gasteiger partial charge in [0.2, 0.25) is 0 Å². The van der Waals surface area contributed by atoms with Gasteiger partial charge >= 0.3 is 11.9 Å². The fourth-order valence-electron chi connectivity index (χ4n) is 1.32. The summed E-state index contributed by atoms with van der Waals surface area (Å²) in [5.41, 5.74) is 2.56. The normalized spacial score (nSPS) is 13.7. The Balaban J connectivity index is 4.39. The van der Waals surface area contributed by atoms with E-state index in [0.29, 0.717) is 0 Å². The third-order valence-corrected chi connectivity index (χ3v) is 2.44. The molecule has 0 aliphatic carbocycles. The number of carbonyl (C=O) groups is 2. The zero-order chi connectivity index (χ0) is 17.0. The van der Waals surface area contributed by atoms with Crippen molar-refractivity contribution in [2.75, 3.05) is 0 Å². The van der Waals surface area contributed by atoms with Crippen LogP contribution in [0.5, 0.6) is 0 Å². The summed E-state index contributed by atoms with van der Waals surface area (Å²) in [6.07, 6.45) is 10.9. The highest BCUT2D eigenvalue weighted by atomic mass is 16.9. The number of aliphatic hydroxyl groups excluding tert-OH is 1. The second-order valence-electron chi connectivity index (χ2n) is 3.89. The molecule has 0 aromatic rings. The number of hydrogen-bond donors (Lipinski definition) is 2. The van der Waals surface area contributed by atoms with Gasteiger partial charge in [0, 0.05) is 11.7 Å². The van der Waals surface area contributed by atoms with Crippen LogP contribution in [0.15, 0.2) is 59.4 Å². The summed E-state index contributed by atoms with van der Waals surface area (Å²) in [7, 11) is 0. The topological polar surface area (TPSA) is 84.9 Å². The summed E-state index contributed by atoms with van der Waals surface area (Å²) in [4.78, 5) is 32.0. The van der Waals surface area contributed by atoms with E-state index < -0.39 is 11.9 Å². The lowest BCUT2D eigenvalue weighted by Gasteiger charge is -2.06. The summed E-state index contributed by atoms with van der Waals surface area (Å²) in [5, 5.41) is 9.45. The zero-order valence-electron chi connectivity index (χ0n) is 13.1. The van der Waals surface area contributed by atoms with Gasteiger partial charge in [-0.25, -0.2) is 9.59 Å². The van der Waals surface area contributed by atoms with Gasteiger partial charge < -0.3 is 14.8 Å². The Hall–Kier alpha value is -2.60. The minimum absolute atomic E-state index is 0.0501. The molecule has 0 heterocycles. The molecule has 120 valence electrons. The highest BCUT2D eigenvalue weighted by Crippen LogP contribution is 2.07. The Morgan fingerprint density at radius 1 is 0.909 bits per heavy atom. The first-order valence-corrected chi connectivity index (χ1v) is 6.66. The van der Waals surface area contributed by atoms with E-state index in [1.165, 1.54) is 18.2 Å². The average molecular weight is 307 g/mol. The molecule has 0 aliphatic rings. The third kappa shape index (κ3) is 7.25. The van der Waals surface area contributed by atoms with E-state index in [9.17, 15) is 14.7 Å². The predicted octanol–water partition coefficient (Wildman–Crippen LogP) is 2.98. The summed E-state index contributed by atoms with van der Waals surface area (Å²) in [6, 6.07) is 0. The van der Waals surface area contributed by atoms with Crippen molar-refractivity contribution in [3.63, 3.8) is 0 Å². The highest BCUT2D eigenvalue weighted by Gasteiger charge is 2.14. The van der Waals surface area contributed by atoms with E-state index in [1.54, 1.807) is 25.6 Å². The van der Waals surface area contributed by atoms with Crippen LogP contribution in [-0.2, 0) is 19.3 Å². The summed E-state index contributed by atoms with van der Waals surface area (Å²) in [6.45, 7) is 6.81. The predicted molar refractivity (Wildman–Crippen MR) is 83.2 cm³/mol. The number of allylic oxidation sites excluding steroid dienone is 7. The Morgan fingerprint density at radius 2 is 1.59 bits per heavy atom. The van der Waals surface area contributed by atoms with Crippen LogP contribution in [0.4, 0.5) is 0 Å². The Bertz CT molecular complexity index is 539. The van der Waals surface area contributed by atoms with Crippen molar-refractivity contribution < 1.29 is 24.4 Å². The van der Waals surface area contributed by atoms with Gasteiger partial charge in [0.1, 0.15) is 5.76 Å². The monoisotopic (exact) mass is 307 g/mol. The highest BCUT2D eigenvalue weighted by molar-refractivity contribution is 5.92. The van der Waals surface area contributed by atoms with Crippen molar-refractivity contribution in [2.24, 2.45) is 0 Å². The van der Waals surface area contributed by atoms with Crippen molar-refractivity contribution in [3.05, 3.63) is 59.4 Å². The molecule has 0 aliphatic heterocycles. The lowest BCUT2D eigenvalue weighted by atomic mass is 10.2. The van der Waals surface area contributed by atoms with Crippen LogP contribution >= 0.6 is 0 Å². The zero-order valence-corrected chi connectivity index (χ0v) is 13.1. The van der Waals surface area contributed by atoms with E-state index in [-0.39, 0.29) is 11.3 Å². The molecule has 0 aromatic heterocycles. The van der Waals surface area contributed by atoms with Crippen LogP contribution in [0.2, 0.25) is 0 Å². The van der Waals surface area contributed by atoms with Crippen molar-refractivity contribution in [2.45, 2.75) is 27.7 Å². The van der Waals surface area contributed by atoms with Gasteiger partial charge in [0.15, 0.2) is 0 Å². The molecule has 0 rings (SSSR count). The molecule has 0 spiro atoms. The quantitative estimate of drug-likeness (QED) is 0.325. The Morgan fingerprint density at radius 3 is 2.09 bits per heavy atom. The molecular formula is C16H21NO5. The SMILES string of the molecule is C\C=C/C(/C=C\C(=O)ONOC(=O)C(=C/C)/C(O)=C\C)=C\C. The molecule has 0 amide bonds. The largest absolute Gasteiger partial charge is 0.507 e. The van der Waals surface area contributed by atoms with E-state index in [4.69, 9.17) is 0 Å². The van der Waals surface area contributed by atoms with E-state index in [1.807, 2.05) is 32.1 Å². The van der Waals surface area contributed by atoms with E-state index in [0.717, 1.165) is 5.57 Å². The first-order valence-electron chi connectivity index (χ1n) is 6.66. The van der Waals surface area contributed by atoms with Gasteiger partial charge in [0.05, 0.1) is 5.57 Å². The van der Waals surface area contributed by atoms with Crippen LogP contribution in [0.25, 0.3) is 0 Å². The van der Waals surface area contributed by atoms with Crippen LogP contribution in [-0.4, -0.2) is 17.0 Å². The van der Waals surface area contributed by atoms with Gasteiger partial charge in [0.25, 0.3) is 0 Å².